The van der Waals surface area contributed by atoms with Crippen molar-refractivity contribution in [1.82, 2.24) is 4.72 Å². The lowest BCUT2D eigenvalue weighted by atomic mass is 9.74. The largest absolute Gasteiger partial charge is 0.378 e. The molecular weight excluding hydrogens is 346 g/mol. The molecule has 4 nitrogen and oxygen atoms in total. The Kier molecular flexibility index (Phi) is 11.6. The van der Waals surface area contributed by atoms with Gasteiger partial charge in [0.05, 0.1) is 19.0 Å². The molecule has 0 aliphatic heterocycles. The summed E-state index contributed by atoms with van der Waals surface area (Å²) >= 11 is 0. The van der Waals surface area contributed by atoms with E-state index in [1.807, 2.05) is 0 Å². The van der Waals surface area contributed by atoms with Crippen LogP contribution in [0.2, 0.25) is 0 Å². The first-order chi connectivity index (χ1) is 11.9. The normalized spacial score (nSPS) is 19.5. The lowest BCUT2D eigenvalue weighted by Gasteiger charge is -2.39. The van der Waals surface area contributed by atoms with Gasteiger partial charge in [-0.25, -0.2) is 13.1 Å². The molecule has 0 saturated carbocycles. The molecule has 0 aliphatic carbocycles. The highest BCUT2D eigenvalue weighted by atomic mass is 32.2. The van der Waals surface area contributed by atoms with E-state index in [0.717, 1.165) is 25.7 Å². The molecule has 0 amide bonds. The van der Waals surface area contributed by atoms with E-state index >= 15 is 0 Å². The number of unbranched alkanes of at least 4 members (excludes halogenated alkanes) is 2. The number of nitrogens with one attached hydrogen (secondary N) is 1. The van der Waals surface area contributed by atoms with E-state index in [1.54, 1.807) is 0 Å². The van der Waals surface area contributed by atoms with Crippen LogP contribution in [-0.4, -0.2) is 33.9 Å². The standard InChI is InChI=1S/C21H45NO3S/c1-9-12-14-20(6,11-3)19(5)25-16-18(4)21(7,15-13-10-2)17-22-26(8,23)24/h18-19,22H,9-17H2,1-8H3/t18?,19-,20?,21+/m0/s1. The second-order valence-corrected chi connectivity index (χ2v) is 10.7. The molecule has 158 valence electrons. The van der Waals surface area contributed by atoms with Gasteiger partial charge in [-0.3, -0.25) is 0 Å². The maximum Gasteiger partial charge on any atom is 0.208 e. The molecule has 1 N–H and O–H groups in total. The molecule has 26 heavy (non-hydrogen) atoms. The fourth-order valence-electron chi connectivity index (χ4n) is 3.32. The Labute approximate surface area is 163 Å². The van der Waals surface area contributed by atoms with Crippen molar-refractivity contribution < 1.29 is 13.2 Å². The number of hydrogen-bond acceptors (Lipinski definition) is 3. The minimum absolute atomic E-state index is 0.0924. The Hall–Kier alpha value is -0.130. The van der Waals surface area contributed by atoms with E-state index in [1.165, 1.54) is 25.5 Å². The Morgan fingerprint density at radius 2 is 1.46 bits per heavy atom. The van der Waals surface area contributed by atoms with Gasteiger partial charge in [-0.15, -0.1) is 0 Å². The summed E-state index contributed by atoms with van der Waals surface area (Å²) in [5, 5.41) is 0. The molecule has 0 radical (unpaired) electrons. The molecule has 0 saturated heterocycles. The van der Waals surface area contributed by atoms with Crippen molar-refractivity contribution >= 4 is 10.0 Å². The SMILES string of the molecule is CCCCC(C)(CC)[C@H](C)OCC(C)[C@](C)(CCCC)CNS(C)(=O)=O. The highest BCUT2D eigenvalue weighted by Crippen LogP contribution is 2.37. The van der Waals surface area contributed by atoms with Crippen LogP contribution < -0.4 is 4.72 Å². The van der Waals surface area contributed by atoms with Gasteiger partial charge in [-0.2, -0.15) is 0 Å². The van der Waals surface area contributed by atoms with Gasteiger partial charge in [0, 0.05) is 6.54 Å². The quantitative estimate of drug-likeness (QED) is 0.408. The van der Waals surface area contributed by atoms with Crippen LogP contribution in [0.25, 0.3) is 0 Å². The molecule has 4 atom stereocenters. The van der Waals surface area contributed by atoms with Crippen LogP contribution in [0.5, 0.6) is 0 Å². The second kappa shape index (κ2) is 11.7. The van der Waals surface area contributed by atoms with E-state index in [0.29, 0.717) is 13.2 Å². The zero-order chi connectivity index (χ0) is 20.4. The van der Waals surface area contributed by atoms with Crippen LogP contribution in [0.15, 0.2) is 0 Å². The zero-order valence-electron chi connectivity index (χ0n) is 18.7. The lowest BCUT2D eigenvalue weighted by Crippen LogP contribution is -2.42. The molecule has 0 aromatic rings. The summed E-state index contributed by atoms with van der Waals surface area (Å²) in [7, 11) is -3.18. The maximum atomic E-state index is 11.6. The van der Waals surface area contributed by atoms with Gasteiger partial charge >= 0.3 is 0 Å². The molecule has 0 bridgehead atoms. The van der Waals surface area contributed by atoms with Crippen LogP contribution in [0, 0.1) is 16.7 Å². The summed E-state index contributed by atoms with van der Waals surface area (Å²) in [6.07, 6.45) is 9.42. The molecule has 0 heterocycles. The molecule has 0 spiro atoms. The molecule has 2 unspecified atom stereocenters. The van der Waals surface area contributed by atoms with Crippen LogP contribution in [0.4, 0.5) is 0 Å². The third-order valence-electron chi connectivity index (χ3n) is 6.52. The first kappa shape index (κ1) is 25.9. The van der Waals surface area contributed by atoms with E-state index in [4.69, 9.17) is 4.74 Å². The van der Waals surface area contributed by atoms with Gasteiger partial charge in [0.15, 0.2) is 0 Å². The van der Waals surface area contributed by atoms with Gasteiger partial charge in [-0.05, 0) is 42.9 Å². The van der Waals surface area contributed by atoms with Crippen molar-refractivity contribution in [2.24, 2.45) is 16.7 Å². The van der Waals surface area contributed by atoms with Gasteiger partial charge in [0.25, 0.3) is 0 Å². The van der Waals surface area contributed by atoms with Crippen molar-refractivity contribution in [3.8, 4) is 0 Å². The summed E-state index contributed by atoms with van der Waals surface area (Å²) < 4.78 is 32.2. The Balaban J connectivity index is 4.93. The molecule has 0 fully saturated rings. The third-order valence-corrected chi connectivity index (χ3v) is 7.18. The van der Waals surface area contributed by atoms with Crippen molar-refractivity contribution in [2.45, 2.75) is 99.5 Å². The van der Waals surface area contributed by atoms with Gasteiger partial charge in [-0.1, -0.05) is 67.2 Å². The van der Waals surface area contributed by atoms with Crippen LogP contribution in [-0.2, 0) is 14.8 Å². The fraction of sp³-hybridized carbons (Fsp3) is 1.00. The van der Waals surface area contributed by atoms with E-state index in [-0.39, 0.29) is 22.9 Å². The fourth-order valence-corrected chi connectivity index (χ4v) is 3.92. The van der Waals surface area contributed by atoms with Crippen molar-refractivity contribution in [3.63, 3.8) is 0 Å². The topological polar surface area (TPSA) is 55.4 Å². The number of rotatable bonds is 15. The molecule has 0 aromatic carbocycles. The van der Waals surface area contributed by atoms with Gasteiger partial charge in [0.2, 0.25) is 10.0 Å². The predicted octanol–water partition coefficient (Wildman–Crippen LogP) is 5.38. The summed E-state index contributed by atoms with van der Waals surface area (Å²) in [5.41, 5.74) is 0.116. The second-order valence-electron chi connectivity index (χ2n) is 8.84. The summed E-state index contributed by atoms with van der Waals surface area (Å²) in [6.45, 7) is 16.7. The molecule has 0 aromatic heterocycles. The van der Waals surface area contributed by atoms with E-state index in [9.17, 15) is 8.42 Å². The number of hydrogen-bond donors (Lipinski definition) is 1. The van der Waals surface area contributed by atoms with E-state index < -0.39 is 10.0 Å². The lowest BCUT2D eigenvalue weighted by molar-refractivity contribution is -0.0582. The predicted molar refractivity (Wildman–Crippen MR) is 113 cm³/mol. The Morgan fingerprint density at radius 1 is 0.962 bits per heavy atom. The first-order valence-corrected chi connectivity index (χ1v) is 12.4. The number of ether oxygens (including phenoxy) is 1. The summed E-state index contributed by atoms with van der Waals surface area (Å²) in [6, 6.07) is 0. The smallest absolute Gasteiger partial charge is 0.208 e. The summed E-state index contributed by atoms with van der Waals surface area (Å²) in [5.74, 6) is 0.290. The summed E-state index contributed by atoms with van der Waals surface area (Å²) in [4.78, 5) is 0. The third kappa shape index (κ3) is 9.18. The van der Waals surface area contributed by atoms with Crippen molar-refractivity contribution in [2.75, 3.05) is 19.4 Å². The molecule has 5 heteroatoms. The minimum atomic E-state index is -3.18. The molecule has 0 aliphatic rings. The maximum absolute atomic E-state index is 11.6. The highest BCUT2D eigenvalue weighted by molar-refractivity contribution is 7.88. The zero-order valence-corrected chi connectivity index (χ0v) is 19.5. The first-order valence-electron chi connectivity index (χ1n) is 10.5. The van der Waals surface area contributed by atoms with Gasteiger partial charge < -0.3 is 4.74 Å². The number of sulfonamides is 1. The molecule has 0 rings (SSSR count). The average Bonchev–Trinajstić information content (AvgIpc) is 2.59. The highest BCUT2D eigenvalue weighted by Gasteiger charge is 2.34. The minimum Gasteiger partial charge on any atom is -0.378 e. The monoisotopic (exact) mass is 391 g/mol. The Morgan fingerprint density at radius 3 is 1.88 bits per heavy atom. The molecular formula is C21H45NO3S. The Bertz CT molecular complexity index is 480. The van der Waals surface area contributed by atoms with E-state index in [2.05, 4.69) is 53.2 Å². The van der Waals surface area contributed by atoms with Crippen molar-refractivity contribution in [3.05, 3.63) is 0 Å². The van der Waals surface area contributed by atoms with Crippen LogP contribution >= 0.6 is 0 Å². The van der Waals surface area contributed by atoms with Gasteiger partial charge in [0.1, 0.15) is 0 Å². The average molecular weight is 392 g/mol. The van der Waals surface area contributed by atoms with Crippen LogP contribution in [0.1, 0.15) is 93.4 Å². The van der Waals surface area contributed by atoms with Crippen LogP contribution in [0.3, 0.4) is 0 Å². The van der Waals surface area contributed by atoms with Crippen molar-refractivity contribution in [1.29, 1.82) is 0 Å².